The quantitative estimate of drug-likeness (QED) is 0.235. The van der Waals surface area contributed by atoms with Gasteiger partial charge in [0, 0.05) is 16.1 Å². The Hall–Kier alpha value is -3.67. The molecule has 0 atom stereocenters. The molecule has 38 heavy (non-hydrogen) atoms. The van der Waals surface area contributed by atoms with Gasteiger partial charge in [-0.3, -0.25) is 4.79 Å². The number of nitrogens with zero attached hydrogens (tertiary/aromatic N) is 3. The molecule has 2 aromatic heterocycles. The molecule has 0 spiro atoms. The number of sulfonamides is 1. The van der Waals surface area contributed by atoms with Crippen LogP contribution in [-0.2, 0) is 16.6 Å². The number of unbranched alkanes of at least 4 members (excludes halogenated alkanes) is 2. The summed E-state index contributed by atoms with van der Waals surface area (Å²) in [7, 11) is -3.74. The van der Waals surface area contributed by atoms with E-state index in [0.29, 0.717) is 35.0 Å². The van der Waals surface area contributed by atoms with Crippen molar-refractivity contribution in [3.8, 4) is 11.8 Å². The van der Waals surface area contributed by atoms with Crippen LogP contribution >= 0.6 is 11.6 Å². The highest BCUT2D eigenvalue weighted by Gasteiger charge is 2.20. The Kier molecular flexibility index (Phi) is 8.50. The molecule has 0 saturated heterocycles. The predicted octanol–water partition coefficient (Wildman–Crippen LogP) is 5.40. The van der Waals surface area contributed by atoms with Crippen LogP contribution in [0.25, 0.3) is 11.2 Å². The minimum atomic E-state index is -3.74. The van der Waals surface area contributed by atoms with E-state index in [0.717, 1.165) is 35.1 Å². The van der Waals surface area contributed by atoms with E-state index < -0.39 is 15.9 Å². The first-order valence-electron chi connectivity index (χ1n) is 12.4. The number of rotatable bonds is 8. The zero-order chi connectivity index (χ0) is 27.3. The number of carbonyl (C=O) groups excluding carboxylic acids is 1. The molecular weight excluding hydrogens is 520 g/mol. The highest BCUT2D eigenvalue weighted by atomic mass is 35.5. The minimum Gasteiger partial charge on any atom is -0.308 e. The van der Waals surface area contributed by atoms with Crippen LogP contribution in [0.4, 0.5) is 0 Å². The summed E-state index contributed by atoms with van der Waals surface area (Å²) in [5.74, 6) is 6.10. The molecule has 0 fully saturated rings. The number of hydrogen-bond donors (Lipinski definition) is 1. The third kappa shape index (κ3) is 6.60. The molecular formula is C29H29ClN4O3S. The van der Waals surface area contributed by atoms with E-state index in [4.69, 9.17) is 11.6 Å². The number of halogens is 1. The van der Waals surface area contributed by atoms with E-state index in [-0.39, 0.29) is 11.4 Å². The maximum Gasteiger partial charge on any atom is 0.283 e. The monoisotopic (exact) mass is 548 g/mol. The number of hydrogen-bond acceptors (Lipinski definition) is 5. The maximum atomic E-state index is 12.8. The summed E-state index contributed by atoms with van der Waals surface area (Å²) in [6.07, 6.45) is 2.16. The summed E-state index contributed by atoms with van der Waals surface area (Å²) in [5, 5.41) is 0.551. The maximum absolute atomic E-state index is 12.8. The molecule has 9 heteroatoms. The Bertz CT molecular complexity index is 1650. The molecule has 2 heterocycles. The van der Waals surface area contributed by atoms with Gasteiger partial charge in [0.2, 0.25) is 10.0 Å². The van der Waals surface area contributed by atoms with Crippen molar-refractivity contribution in [1.82, 2.24) is 19.3 Å². The van der Waals surface area contributed by atoms with Gasteiger partial charge in [0.05, 0.1) is 12.3 Å². The number of imidazole rings is 1. The molecule has 0 aliphatic heterocycles. The second-order valence-electron chi connectivity index (χ2n) is 9.12. The van der Waals surface area contributed by atoms with Crippen molar-refractivity contribution in [2.24, 2.45) is 0 Å². The summed E-state index contributed by atoms with van der Waals surface area (Å²) in [6, 6.07) is 16.9. The zero-order valence-electron chi connectivity index (χ0n) is 21.6. The van der Waals surface area contributed by atoms with Crippen LogP contribution in [-0.4, -0.2) is 34.6 Å². The van der Waals surface area contributed by atoms with Crippen LogP contribution in [0.3, 0.4) is 0 Å². The summed E-state index contributed by atoms with van der Waals surface area (Å²) in [5.41, 5.74) is 4.43. The molecule has 2 aromatic carbocycles. The Morgan fingerprint density at radius 1 is 1.00 bits per heavy atom. The molecule has 0 bridgehead atoms. The minimum absolute atomic E-state index is 0.0212. The van der Waals surface area contributed by atoms with Crippen LogP contribution < -0.4 is 4.72 Å². The van der Waals surface area contributed by atoms with E-state index in [9.17, 15) is 13.2 Å². The van der Waals surface area contributed by atoms with Gasteiger partial charge in [-0.15, -0.1) is 0 Å². The van der Waals surface area contributed by atoms with Crippen molar-refractivity contribution in [1.29, 1.82) is 0 Å². The largest absolute Gasteiger partial charge is 0.308 e. The van der Waals surface area contributed by atoms with Crippen molar-refractivity contribution in [3.63, 3.8) is 0 Å². The van der Waals surface area contributed by atoms with E-state index >= 15 is 0 Å². The highest BCUT2D eigenvalue weighted by Crippen LogP contribution is 2.24. The van der Waals surface area contributed by atoms with Gasteiger partial charge in [-0.1, -0.05) is 67.5 Å². The molecule has 7 nitrogen and oxygen atoms in total. The van der Waals surface area contributed by atoms with E-state index in [1.54, 1.807) is 6.07 Å². The molecule has 4 aromatic rings. The molecule has 0 aliphatic rings. The first-order valence-corrected chi connectivity index (χ1v) is 14.4. The van der Waals surface area contributed by atoms with Crippen LogP contribution in [0, 0.1) is 25.7 Å². The lowest BCUT2D eigenvalue weighted by Crippen LogP contribution is -2.33. The molecule has 0 saturated carbocycles. The van der Waals surface area contributed by atoms with Crippen LogP contribution in [0.1, 0.15) is 64.8 Å². The Morgan fingerprint density at radius 3 is 2.45 bits per heavy atom. The number of fused-ring (bicyclic) bond motifs is 1. The van der Waals surface area contributed by atoms with E-state index in [1.807, 2.05) is 73.9 Å². The van der Waals surface area contributed by atoms with Crippen LogP contribution in [0.5, 0.6) is 0 Å². The number of carbonyl (C=O) groups is 1. The molecule has 1 N–H and O–H groups in total. The van der Waals surface area contributed by atoms with Crippen molar-refractivity contribution < 1.29 is 13.2 Å². The number of nitrogens with one attached hydrogen (secondary N) is 1. The number of benzene rings is 2. The fourth-order valence-electron chi connectivity index (χ4n) is 4.03. The first-order chi connectivity index (χ1) is 18.2. The van der Waals surface area contributed by atoms with Gasteiger partial charge in [-0.05, 0) is 61.7 Å². The van der Waals surface area contributed by atoms with Gasteiger partial charge in [-0.2, -0.15) is 0 Å². The third-order valence-corrected chi connectivity index (χ3v) is 7.76. The molecule has 196 valence electrons. The predicted molar refractivity (Wildman–Crippen MR) is 151 cm³/mol. The smallest absolute Gasteiger partial charge is 0.283 e. The van der Waals surface area contributed by atoms with Crippen molar-refractivity contribution >= 4 is 38.7 Å². The molecule has 1 amide bonds. The Morgan fingerprint density at radius 2 is 1.74 bits per heavy atom. The highest BCUT2D eigenvalue weighted by molar-refractivity contribution is 7.90. The molecule has 0 unspecified atom stereocenters. The second-order valence-corrected chi connectivity index (χ2v) is 11.4. The van der Waals surface area contributed by atoms with Gasteiger partial charge in [0.25, 0.3) is 5.91 Å². The number of aromatic nitrogens is 3. The lowest BCUT2D eigenvalue weighted by molar-refractivity contribution is 0.0976. The van der Waals surface area contributed by atoms with E-state index in [2.05, 4.69) is 26.5 Å². The fourth-order valence-corrected chi connectivity index (χ4v) is 5.35. The Balaban J connectivity index is 1.60. The molecule has 4 rings (SSSR count). The van der Waals surface area contributed by atoms with E-state index in [1.165, 1.54) is 0 Å². The SMILES string of the molecule is CCCCCS(=O)(=O)NC(=O)c1cc(C)c2nc(C)n(Cc3ccc(C#Cc4ccccc4)cc3Cl)c2n1. The van der Waals surface area contributed by atoms with Crippen molar-refractivity contribution in [3.05, 3.63) is 93.4 Å². The average molecular weight is 549 g/mol. The summed E-state index contributed by atoms with van der Waals surface area (Å²) >= 11 is 6.62. The first kappa shape index (κ1) is 27.4. The summed E-state index contributed by atoms with van der Waals surface area (Å²) in [4.78, 5) is 21.9. The normalized spacial score (nSPS) is 11.3. The molecule has 0 aliphatic carbocycles. The third-order valence-electron chi connectivity index (χ3n) is 6.09. The van der Waals surface area contributed by atoms with Gasteiger partial charge >= 0.3 is 0 Å². The Labute approximate surface area is 228 Å². The van der Waals surface area contributed by atoms with Crippen LogP contribution in [0.2, 0.25) is 5.02 Å². The molecule has 0 radical (unpaired) electrons. The average Bonchev–Trinajstić information content (AvgIpc) is 3.20. The van der Waals surface area contributed by atoms with Gasteiger partial charge in [0.1, 0.15) is 17.0 Å². The zero-order valence-corrected chi connectivity index (χ0v) is 23.2. The number of aryl methyl sites for hydroxylation is 2. The lowest BCUT2D eigenvalue weighted by Gasteiger charge is -2.10. The standard InChI is InChI=1S/C29H29ClN4O3S/c1-4-5-9-16-38(36,37)33-29(35)26-17-20(2)27-28(32-26)34(21(3)31-27)19-24-15-14-23(18-25(24)30)13-12-22-10-7-6-8-11-22/h6-8,10-11,14-15,17-18H,4-5,9,16,19H2,1-3H3,(H,33,35). The summed E-state index contributed by atoms with van der Waals surface area (Å²) in [6.45, 7) is 6.04. The van der Waals surface area contributed by atoms with Gasteiger partial charge < -0.3 is 4.57 Å². The number of amides is 1. The van der Waals surface area contributed by atoms with Gasteiger partial charge in [-0.25, -0.2) is 23.1 Å². The number of pyridine rings is 1. The van der Waals surface area contributed by atoms with Gasteiger partial charge in [0.15, 0.2) is 5.65 Å². The fraction of sp³-hybridized carbons (Fsp3) is 0.276. The van der Waals surface area contributed by atoms with Crippen molar-refractivity contribution in [2.75, 3.05) is 5.75 Å². The topological polar surface area (TPSA) is 94.0 Å². The lowest BCUT2D eigenvalue weighted by atomic mass is 10.1. The second kappa shape index (κ2) is 11.8. The van der Waals surface area contributed by atoms with Crippen LogP contribution in [0.15, 0.2) is 54.6 Å². The summed E-state index contributed by atoms with van der Waals surface area (Å²) < 4.78 is 28.7. The van der Waals surface area contributed by atoms with Crippen molar-refractivity contribution in [2.45, 2.75) is 46.6 Å².